The molecular formula is C13H26N2O2. The lowest BCUT2D eigenvalue weighted by Gasteiger charge is -2.41. The monoisotopic (exact) mass is 242 g/mol. The van der Waals surface area contributed by atoms with Crippen LogP contribution in [-0.4, -0.2) is 73.5 Å². The highest BCUT2D eigenvalue weighted by Crippen LogP contribution is 2.18. The SMILES string of the molecule is CCC1CN(CC2COCCC2O)CCN1C. The summed E-state index contributed by atoms with van der Waals surface area (Å²) in [6.45, 7) is 8.09. The zero-order valence-electron chi connectivity index (χ0n) is 11.1. The first-order chi connectivity index (χ1) is 8.20. The minimum absolute atomic E-state index is 0.163. The molecular weight excluding hydrogens is 216 g/mol. The summed E-state index contributed by atoms with van der Waals surface area (Å²) in [5.41, 5.74) is 0. The van der Waals surface area contributed by atoms with E-state index < -0.39 is 0 Å². The fourth-order valence-corrected chi connectivity index (χ4v) is 2.91. The van der Waals surface area contributed by atoms with E-state index in [9.17, 15) is 5.11 Å². The molecule has 3 unspecified atom stereocenters. The van der Waals surface area contributed by atoms with Crippen LogP contribution in [0.5, 0.6) is 0 Å². The topological polar surface area (TPSA) is 35.9 Å². The van der Waals surface area contributed by atoms with E-state index in [1.54, 1.807) is 0 Å². The van der Waals surface area contributed by atoms with Crippen molar-refractivity contribution < 1.29 is 9.84 Å². The Hall–Kier alpha value is -0.160. The van der Waals surface area contributed by atoms with Gasteiger partial charge in [0.2, 0.25) is 0 Å². The van der Waals surface area contributed by atoms with Gasteiger partial charge < -0.3 is 19.6 Å². The van der Waals surface area contributed by atoms with Crippen LogP contribution in [0.25, 0.3) is 0 Å². The average molecular weight is 242 g/mol. The van der Waals surface area contributed by atoms with Gasteiger partial charge in [0.15, 0.2) is 0 Å². The zero-order valence-corrected chi connectivity index (χ0v) is 11.1. The summed E-state index contributed by atoms with van der Waals surface area (Å²) in [6.07, 6.45) is 1.84. The van der Waals surface area contributed by atoms with Crippen molar-refractivity contribution in [2.45, 2.75) is 31.9 Å². The molecule has 1 N–H and O–H groups in total. The first-order valence-corrected chi connectivity index (χ1v) is 6.89. The van der Waals surface area contributed by atoms with Crippen molar-refractivity contribution in [1.82, 2.24) is 9.80 Å². The zero-order chi connectivity index (χ0) is 12.3. The highest BCUT2D eigenvalue weighted by atomic mass is 16.5. The van der Waals surface area contributed by atoms with Gasteiger partial charge in [-0.25, -0.2) is 0 Å². The van der Waals surface area contributed by atoms with Gasteiger partial charge >= 0.3 is 0 Å². The molecule has 0 bridgehead atoms. The molecule has 100 valence electrons. The van der Waals surface area contributed by atoms with E-state index in [2.05, 4.69) is 23.8 Å². The van der Waals surface area contributed by atoms with Crippen LogP contribution in [0.1, 0.15) is 19.8 Å². The predicted molar refractivity (Wildman–Crippen MR) is 68.1 cm³/mol. The van der Waals surface area contributed by atoms with Crippen LogP contribution in [0.15, 0.2) is 0 Å². The van der Waals surface area contributed by atoms with E-state index in [-0.39, 0.29) is 6.10 Å². The predicted octanol–water partition coefficient (Wildman–Crippen LogP) is 0.410. The third-order valence-corrected chi connectivity index (χ3v) is 4.26. The van der Waals surface area contributed by atoms with Crippen LogP contribution in [0.4, 0.5) is 0 Å². The van der Waals surface area contributed by atoms with Crippen molar-refractivity contribution in [2.75, 3.05) is 46.4 Å². The molecule has 3 atom stereocenters. The summed E-state index contributed by atoms with van der Waals surface area (Å²) < 4.78 is 5.47. The maximum absolute atomic E-state index is 9.96. The molecule has 0 amide bonds. The van der Waals surface area contributed by atoms with Gasteiger partial charge in [-0.2, -0.15) is 0 Å². The molecule has 2 saturated heterocycles. The molecule has 0 aromatic heterocycles. The Labute approximate surface area is 105 Å². The lowest BCUT2D eigenvalue weighted by atomic mass is 9.97. The normalized spacial score (nSPS) is 37.2. The molecule has 0 saturated carbocycles. The number of likely N-dealkylation sites (N-methyl/N-ethyl adjacent to an activating group) is 1. The number of hydrogen-bond donors (Lipinski definition) is 1. The number of aliphatic hydroxyl groups is 1. The molecule has 4 nitrogen and oxygen atoms in total. The van der Waals surface area contributed by atoms with E-state index in [0.29, 0.717) is 12.0 Å². The fraction of sp³-hybridized carbons (Fsp3) is 1.00. The third-order valence-electron chi connectivity index (χ3n) is 4.26. The van der Waals surface area contributed by atoms with E-state index in [0.717, 1.165) is 45.8 Å². The molecule has 2 fully saturated rings. The second-order valence-corrected chi connectivity index (χ2v) is 5.49. The Kier molecular flexibility index (Phi) is 4.79. The number of ether oxygens (including phenoxy) is 1. The molecule has 2 heterocycles. The molecule has 2 aliphatic heterocycles. The lowest BCUT2D eigenvalue weighted by molar-refractivity contribution is -0.0528. The van der Waals surface area contributed by atoms with E-state index in [1.807, 2.05) is 0 Å². The number of rotatable bonds is 3. The van der Waals surface area contributed by atoms with Gasteiger partial charge in [-0.15, -0.1) is 0 Å². The lowest BCUT2D eigenvalue weighted by Crippen LogP contribution is -2.53. The van der Waals surface area contributed by atoms with Gasteiger partial charge in [-0.3, -0.25) is 0 Å². The largest absolute Gasteiger partial charge is 0.393 e. The Morgan fingerprint density at radius 1 is 1.35 bits per heavy atom. The molecule has 0 aromatic carbocycles. The van der Waals surface area contributed by atoms with Crippen LogP contribution in [0.3, 0.4) is 0 Å². The number of aliphatic hydroxyl groups excluding tert-OH is 1. The maximum atomic E-state index is 9.96. The number of nitrogens with zero attached hydrogens (tertiary/aromatic N) is 2. The Morgan fingerprint density at radius 2 is 2.18 bits per heavy atom. The summed E-state index contributed by atoms with van der Waals surface area (Å²) >= 11 is 0. The average Bonchev–Trinajstić information content (AvgIpc) is 2.34. The molecule has 4 heteroatoms. The summed E-state index contributed by atoms with van der Waals surface area (Å²) in [5.74, 6) is 0.310. The van der Waals surface area contributed by atoms with Crippen molar-refractivity contribution in [2.24, 2.45) is 5.92 Å². The molecule has 0 aromatic rings. The van der Waals surface area contributed by atoms with Crippen molar-refractivity contribution >= 4 is 0 Å². The summed E-state index contributed by atoms with van der Waals surface area (Å²) in [6, 6.07) is 0.672. The minimum Gasteiger partial charge on any atom is -0.393 e. The van der Waals surface area contributed by atoms with Crippen LogP contribution in [0.2, 0.25) is 0 Å². The van der Waals surface area contributed by atoms with E-state index >= 15 is 0 Å². The van der Waals surface area contributed by atoms with Crippen LogP contribution in [-0.2, 0) is 4.74 Å². The first-order valence-electron chi connectivity index (χ1n) is 6.89. The van der Waals surface area contributed by atoms with Crippen LogP contribution in [0, 0.1) is 5.92 Å². The Morgan fingerprint density at radius 3 is 2.88 bits per heavy atom. The van der Waals surface area contributed by atoms with Crippen molar-refractivity contribution in [1.29, 1.82) is 0 Å². The van der Waals surface area contributed by atoms with Crippen LogP contribution >= 0.6 is 0 Å². The van der Waals surface area contributed by atoms with Gasteiger partial charge in [0, 0.05) is 44.7 Å². The molecule has 0 radical (unpaired) electrons. The van der Waals surface area contributed by atoms with Crippen molar-refractivity contribution in [3.8, 4) is 0 Å². The number of piperazine rings is 1. The minimum atomic E-state index is -0.163. The molecule has 0 spiro atoms. The molecule has 0 aliphatic carbocycles. The standard InChI is InChI=1S/C13H26N2O2/c1-3-12-9-15(6-5-14(12)2)8-11-10-17-7-4-13(11)16/h11-13,16H,3-10H2,1-2H3. The first kappa shape index (κ1) is 13.3. The third kappa shape index (κ3) is 3.41. The van der Waals surface area contributed by atoms with Crippen LogP contribution < -0.4 is 0 Å². The summed E-state index contributed by atoms with van der Waals surface area (Å²) in [5, 5.41) is 9.96. The van der Waals surface area contributed by atoms with Gasteiger partial charge in [0.05, 0.1) is 12.7 Å². The van der Waals surface area contributed by atoms with Gasteiger partial charge in [-0.05, 0) is 19.9 Å². The molecule has 2 rings (SSSR count). The highest BCUT2D eigenvalue weighted by molar-refractivity contribution is 4.83. The van der Waals surface area contributed by atoms with Gasteiger partial charge in [0.1, 0.15) is 0 Å². The van der Waals surface area contributed by atoms with Gasteiger partial charge in [0.25, 0.3) is 0 Å². The van der Waals surface area contributed by atoms with Crippen molar-refractivity contribution in [3.05, 3.63) is 0 Å². The van der Waals surface area contributed by atoms with Crippen molar-refractivity contribution in [3.63, 3.8) is 0 Å². The van der Waals surface area contributed by atoms with Gasteiger partial charge in [-0.1, -0.05) is 6.92 Å². The molecule has 17 heavy (non-hydrogen) atoms. The van der Waals surface area contributed by atoms with E-state index in [1.165, 1.54) is 6.42 Å². The number of hydrogen-bond acceptors (Lipinski definition) is 4. The Bertz CT molecular complexity index is 237. The Balaban J connectivity index is 1.82. The highest BCUT2D eigenvalue weighted by Gasteiger charge is 2.29. The summed E-state index contributed by atoms with van der Waals surface area (Å²) in [7, 11) is 2.21. The quantitative estimate of drug-likeness (QED) is 0.777. The second kappa shape index (κ2) is 6.14. The molecule has 2 aliphatic rings. The second-order valence-electron chi connectivity index (χ2n) is 5.49. The van der Waals surface area contributed by atoms with E-state index in [4.69, 9.17) is 4.74 Å². The smallest absolute Gasteiger partial charge is 0.0624 e. The summed E-state index contributed by atoms with van der Waals surface area (Å²) in [4.78, 5) is 4.95. The fourth-order valence-electron chi connectivity index (χ4n) is 2.91. The maximum Gasteiger partial charge on any atom is 0.0624 e.